The highest BCUT2D eigenvalue weighted by Gasteiger charge is 2.41. The number of halogens is 3. The van der Waals surface area contributed by atoms with Crippen molar-refractivity contribution in [2.24, 2.45) is 0 Å². The molecule has 0 aliphatic carbocycles. The van der Waals surface area contributed by atoms with Crippen molar-refractivity contribution in [1.29, 1.82) is 0 Å². The van der Waals surface area contributed by atoms with Crippen LogP contribution in [0.3, 0.4) is 0 Å². The molecular formula is C22H19F3O5. The summed E-state index contributed by atoms with van der Waals surface area (Å²) in [5.41, 5.74) is -0.198. The molecular weight excluding hydrogens is 401 g/mol. The van der Waals surface area contributed by atoms with Crippen molar-refractivity contribution in [2.75, 3.05) is 0 Å². The average Bonchev–Trinajstić information content (AvgIpc) is 2.66. The molecule has 0 saturated carbocycles. The first kappa shape index (κ1) is 21.4. The number of benzene rings is 2. The molecule has 1 heterocycles. The van der Waals surface area contributed by atoms with Crippen LogP contribution in [0.4, 0.5) is 13.2 Å². The van der Waals surface area contributed by atoms with Crippen molar-refractivity contribution >= 4 is 16.9 Å². The van der Waals surface area contributed by atoms with Crippen LogP contribution >= 0.6 is 0 Å². The van der Waals surface area contributed by atoms with E-state index in [1.54, 1.807) is 12.1 Å². The quantitative estimate of drug-likeness (QED) is 0.386. The number of ether oxygens (including phenoxy) is 2. The summed E-state index contributed by atoms with van der Waals surface area (Å²) in [6, 6.07) is 9.03. The fourth-order valence-corrected chi connectivity index (χ4v) is 3.03. The van der Waals surface area contributed by atoms with Crippen LogP contribution < -0.4 is 14.9 Å². The van der Waals surface area contributed by atoms with Gasteiger partial charge < -0.3 is 13.9 Å². The first-order chi connectivity index (χ1) is 14.1. The topological polar surface area (TPSA) is 65.7 Å². The van der Waals surface area contributed by atoms with Crippen molar-refractivity contribution in [2.45, 2.75) is 39.8 Å². The highest BCUT2D eigenvalue weighted by Crippen LogP contribution is 2.39. The number of carbonyl (C=O) groups is 1. The van der Waals surface area contributed by atoms with Crippen LogP contribution in [0.5, 0.6) is 17.2 Å². The molecule has 0 saturated heterocycles. The molecule has 5 nitrogen and oxygen atoms in total. The van der Waals surface area contributed by atoms with Crippen LogP contribution in [-0.2, 0) is 17.4 Å². The molecule has 3 rings (SSSR count). The SMILES string of the molecule is CCCc1ccc(Oc2c(C(F)(F)F)oc3c(C)c(OC(C)=O)ccc3c2=O)cc1. The van der Waals surface area contributed by atoms with E-state index in [2.05, 4.69) is 0 Å². The van der Waals surface area contributed by atoms with Gasteiger partial charge in [-0.3, -0.25) is 9.59 Å². The van der Waals surface area contributed by atoms with Crippen molar-refractivity contribution in [3.63, 3.8) is 0 Å². The lowest BCUT2D eigenvalue weighted by molar-refractivity contribution is -0.154. The number of esters is 1. The van der Waals surface area contributed by atoms with Gasteiger partial charge in [0.15, 0.2) is 0 Å². The lowest BCUT2D eigenvalue weighted by atomic mass is 10.1. The van der Waals surface area contributed by atoms with E-state index >= 15 is 0 Å². The number of alkyl halides is 3. The number of aryl methyl sites for hydroxylation is 2. The minimum Gasteiger partial charge on any atom is -0.449 e. The Morgan fingerprint density at radius 1 is 1.10 bits per heavy atom. The fraction of sp³-hybridized carbons (Fsp3) is 0.273. The molecule has 0 fully saturated rings. The molecule has 0 radical (unpaired) electrons. The molecule has 0 bridgehead atoms. The molecule has 0 aliphatic rings. The minimum absolute atomic E-state index is 0.00598. The van der Waals surface area contributed by atoms with Gasteiger partial charge in [0.05, 0.1) is 5.39 Å². The van der Waals surface area contributed by atoms with Gasteiger partial charge in [-0.25, -0.2) is 0 Å². The summed E-state index contributed by atoms with van der Waals surface area (Å²) >= 11 is 0. The summed E-state index contributed by atoms with van der Waals surface area (Å²) in [6.45, 7) is 4.57. The van der Waals surface area contributed by atoms with E-state index in [0.29, 0.717) is 0 Å². The second-order valence-corrected chi connectivity index (χ2v) is 6.74. The zero-order valence-electron chi connectivity index (χ0n) is 16.6. The Bertz CT molecular complexity index is 1140. The van der Waals surface area contributed by atoms with E-state index in [9.17, 15) is 22.8 Å². The minimum atomic E-state index is -4.98. The Morgan fingerprint density at radius 3 is 2.33 bits per heavy atom. The van der Waals surface area contributed by atoms with Crippen LogP contribution in [0.1, 0.15) is 37.2 Å². The van der Waals surface area contributed by atoms with Crippen LogP contribution in [0, 0.1) is 6.92 Å². The second-order valence-electron chi connectivity index (χ2n) is 6.74. The smallest absolute Gasteiger partial charge is 0.449 e. The Kier molecular flexibility index (Phi) is 5.87. The molecule has 0 aliphatic heterocycles. The van der Waals surface area contributed by atoms with E-state index in [1.807, 2.05) is 6.92 Å². The standard InChI is InChI=1S/C22H19F3O5/c1-4-5-14-6-8-15(9-7-14)29-20-18(27)16-10-11-17(28-13(3)26)12(2)19(16)30-21(20)22(23,24)25/h6-11H,4-5H2,1-3H3. The molecule has 0 N–H and O–H groups in total. The molecule has 0 unspecified atom stereocenters. The van der Waals surface area contributed by atoms with Gasteiger partial charge in [0.2, 0.25) is 11.2 Å². The Morgan fingerprint density at radius 2 is 1.77 bits per heavy atom. The van der Waals surface area contributed by atoms with Gasteiger partial charge in [-0.1, -0.05) is 25.5 Å². The van der Waals surface area contributed by atoms with Gasteiger partial charge in [0, 0.05) is 12.5 Å². The molecule has 8 heteroatoms. The Balaban J connectivity index is 2.16. The number of carbonyl (C=O) groups excluding carboxylic acids is 1. The highest BCUT2D eigenvalue weighted by molar-refractivity contribution is 5.84. The highest BCUT2D eigenvalue weighted by atomic mass is 19.4. The number of rotatable bonds is 5. The normalized spacial score (nSPS) is 11.5. The summed E-state index contributed by atoms with van der Waals surface area (Å²) in [5.74, 6) is -3.06. The summed E-state index contributed by atoms with van der Waals surface area (Å²) in [5, 5.41) is -0.117. The Hall–Kier alpha value is -3.29. The van der Waals surface area contributed by atoms with Gasteiger partial charge >= 0.3 is 12.1 Å². The van der Waals surface area contributed by atoms with Gasteiger partial charge in [-0.2, -0.15) is 13.2 Å². The molecule has 3 aromatic rings. The second kappa shape index (κ2) is 8.22. The van der Waals surface area contributed by atoms with E-state index in [1.165, 1.54) is 31.2 Å². The largest absolute Gasteiger partial charge is 0.453 e. The zero-order chi connectivity index (χ0) is 22.1. The maximum Gasteiger partial charge on any atom is 0.453 e. The third kappa shape index (κ3) is 4.32. The molecule has 0 amide bonds. The van der Waals surface area contributed by atoms with E-state index in [0.717, 1.165) is 25.3 Å². The van der Waals surface area contributed by atoms with E-state index in [-0.39, 0.29) is 28.0 Å². The van der Waals surface area contributed by atoms with Gasteiger partial charge in [-0.05, 0) is 43.2 Å². The maximum atomic E-state index is 13.7. The van der Waals surface area contributed by atoms with Gasteiger partial charge in [0.25, 0.3) is 5.76 Å². The summed E-state index contributed by atoms with van der Waals surface area (Å²) in [7, 11) is 0. The Labute approximate surface area is 170 Å². The monoisotopic (exact) mass is 420 g/mol. The molecule has 0 spiro atoms. The van der Waals surface area contributed by atoms with E-state index < -0.39 is 29.1 Å². The lowest BCUT2D eigenvalue weighted by Gasteiger charge is -2.15. The van der Waals surface area contributed by atoms with E-state index in [4.69, 9.17) is 13.9 Å². The molecule has 1 aromatic heterocycles. The van der Waals surface area contributed by atoms with Crippen molar-refractivity contribution in [1.82, 2.24) is 0 Å². The van der Waals surface area contributed by atoms with Crippen LogP contribution in [0.15, 0.2) is 45.6 Å². The zero-order valence-corrected chi connectivity index (χ0v) is 16.6. The van der Waals surface area contributed by atoms with Crippen LogP contribution in [0.25, 0.3) is 11.0 Å². The average molecular weight is 420 g/mol. The third-order valence-corrected chi connectivity index (χ3v) is 4.41. The number of hydrogen-bond acceptors (Lipinski definition) is 5. The summed E-state index contributed by atoms with van der Waals surface area (Å²) in [4.78, 5) is 24.1. The molecule has 30 heavy (non-hydrogen) atoms. The van der Waals surface area contributed by atoms with Crippen LogP contribution in [-0.4, -0.2) is 5.97 Å². The molecule has 158 valence electrons. The number of fused-ring (bicyclic) bond motifs is 1. The van der Waals surface area contributed by atoms with Crippen molar-refractivity contribution < 1.29 is 31.9 Å². The molecule has 0 atom stereocenters. The maximum absolute atomic E-state index is 13.7. The first-order valence-electron chi connectivity index (χ1n) is 9.24. The summed E-state index contributed by atoms with van der Waals surface area (Å²) in [6.07, 6.45) is -3.24. The lowest BCUT2D eigenvalue weighted by Crippen LogP contribution is -2.16. The fourth-order valence-electron chi connectivity index (χ4n) is 3.03. The first-order valence-corrected chi connectivity index (χ1v) is 9.24. The van der Waals surface area contributed by atoms with Gasteiger partial charge in [0.1, 0.15) is 17.1 Å². The predicted molar refractivity (Wildman–Crippen MR) is 104 cm³/mol. The van der Waals surface area contributed by atoms with Crippen LogP contribution in [0.2, 0.25) is 0 Å². The van der Waals surface area contributed by atoms with Crippen molar-refractivity contribution in [3.05, 3.63) is 63.5 Å². The van der Waals surface area contributed by atoms with Crippen molar-refractivity contribution in [3.8, 4) is 17.2 Å². The third-order valence-electron chi connectivity index (χ3n) is 4.41. The predicted octanol–water partition coefficient (Wildman–Crippen LogP) is 5.79. The number of hydrogen-bond donors (Lipinski definition) is 0. The van der Waals surface area contributed by atoms with Gasteiger partial charge in [-0.15, -0.1) is 0 Å². The summed E-state index contributed by atoms with van der Waals surface area (Å²) < 4.78 is 56.4. The molecule has 2 aromatic carbocycles.